The molecule has 2 atom stereocenters. The van der Waals surface area contributed by atoms with Gasteiger partial charge in [0.2, 0.25) is 0 Å². The van der Waals surface area contributed by atoms with Gasteiger partial charge in [-0.05, 0) is 44.3 Å². The summed E-state index contributed by atoms with van der Waals surface area (Å²) in [7, 11) is 0. The molecular weight excluding hydrogens is 264 g/mol. The van der Waals surface area contributed by atoms with Crippen LogP contribution in [-0.4, -0.2) is 35.2 Å². The molecule has 0 aromatic carbocycles. The van der Waals surface area contributed by atoms with Crippen molar-refractivity contribution in [3.05, 3.63) is 17.5 Å². The highest BCUT2D eigenvalue weighted by Crippen LogP contribution is 2.38. The summed E-state index contributed by atoms with van der Waals surface area (Å²) in [6, 6.07) is 2.17. The molecule has 19 heavy (non-hydrogen) atoms. The zero-order chi connectivity index (χ0) is 12.5. The standard InChI is InChI=1S/C13H20N4O.ClH/c1-8-7-14-5-4-10(8)15-13(18)12-6-11(16-17-12)9-2-3-9;/h6,8-10,14H,2-5,7H2,1H3,(H,15,18)(H,16,17);1H. The van der Waals surface area contributed by atoms with Crippen molar-refractivity contribution in [3.8, 4) is 0 Å². The highest BCUT2D eigenvalue weighted by molar-refractivity contribution is 5.92. The van der Waals surface area contributed by atoms with E-state index in [-0.39, 0.29) is 24.4 Å². The van der Waals surface area contributed by atoms with E-state index in [0.29, 0.717) is 17.5 Å². The van der Waals surface area contributed by atoms with Gasteiger partial charge in [-0.15, -0.1) is 12.4 Å². The van der Waals surface area contributed by atoms with E-state index in [1.54, 1.807) is 0 Å². The maximum atomic E-state index is 12.1. The van der Waals surface area contributed by atoms with Crippen LogP contribution in [0.5, 0.6) is 0 Å². The van der Waals surface area contributed by atoms with Gasteiger partial charge in [0.25, 0.3) is 5.91 Å². The molecule has 6 heteroatoms. The molecule has 2 fully saturated rings. The van der Waals surface area contributed by atoms with Gasteiger partial charge in [-0.3, -0.25) is 9.89 Å². The van der Waals surface area contributed by atoms with Crippen molar-refractivity contribution in [3.63, 3.8) is 0 Å². The number of hydrogen-bond donors (Lipinski definition) is 3. The minimum atomic E-state index is -0.0445. The molecule has 1 saturated carbocycles. The Balaban J connectivity index is 0.00000133. The smallest absolute Gasteiger partial charge is 0.272 e. The van der Waals surface area contributed by atoms with E-state index in [0.717, 1.165) is 25.2 Å². The minimum Gasteiger partial charge on any atom is -0.348 e. The molecule has 2 unspecified atom stereocenters. The first-order chi connectivity index (χ1) is 8.74. The summed E-state index contributed by atoms with van der Waals surface area (Å²) in [5.41, 5.74) is 1.64. The van der Waals surface area contributed by atoms with Crippen molar-refractivity contribution in [1.82, 2.24) is 20.8 Å². The highest BCUT2D eigenvalue weighted by Gasteiger charge is 2.28. The van der Waals surface area contributed by atoms with Gasteiger partial charge in [0.05, 0.1) is 0 Å². The fourth-order valence-corrected chi connectivity index (χ4v) is 2.53. The molecule has 1 saturated heterocycles. The van der Waals surface area contributed by atoms with Crippen molar-refractivity contribution in [2.45, 2.75) is 38.1 Å². The molecule has 1 aliphatic heterocycles. The van der Waals surface area contributed by atoms with E-state index < -0.39 is 0 Å². The summed E-state index contributed by atoms with van der Waals surface area (Å²) in [6.45, 7) is 4.11. The summed E-state index contributed by atoms with van der Waals surface area (Å²) in [6.07, 6.45) is 3.43. The number of piperidine rings is 1. The zero-order valence-electron chi connectivity index (χ0n) is 11.1. The summed E-state index contributed by atoms with van der Waals surface area (Å²) in [5.74, 6) is 1.04. The fraction of sp³-hybridized carbons (Fsp3) is 0.692. The Labute approximate surface area is 119 Å². The SMILES string of the molecule is CC1CNCCC1NC(=O)c1cc(C2CC2)[nH]n1.Cl. The van der Waals surface area contributed by atoms with Crippen molar-refractivity contribution in [2.75, 3.05) is 13.1 Å². The van der Waals surface area contributed by atoms with E-state index in [4.69, 9.17) is 0 Å². The van der Waals surface area contributed by atoms with Crippen LogP contribution in [-0.2, 0) is 0 Å². The van der Waals surface area contributed by atoms with Gasteiger partial charge < -0.3 is 10.6 Å². The molecule has 0 spiro atoms. The Kier molecular flexibility index (Phi) is 4.47. The Morgan fingerprint density at radius 3 is 2.89 bits per heavy atom. The van der Waals surface area contributed by atoms with Gasteiger partial charge in [-0.1, -0.05) is 6.92 Å². The monoisotopic (exact) mass is 284 g/mol. The summed E-state index contributed by atoms with van der Waals surface area (Å²) < 4.78 is 0. The van der Waals surface area contributed by atoms with Crippen LogP contribution < -0.4 is 10.6 Å². The third-order valence-electron chi connectivity index (χ3n) is 3.95. The molecular formula is C13H21ClN4O. The van der Waals surface area contributed by atoms with Crippen LogP contribution in [0.25, 0.3) is 0 Å². The quantitative estimate of drug-likeness (QED) is 0.787. The van der Waals surface area contributed by atoms with Crippen LogP contribution in [0.15, 0.2) is 6.07 Å². The van der Waals surface area contributed by atoms with Crippen LogP contribution in [0.3, 0.4) is 0 Å². The lowest BCUT2D eigenvalue weighted by molar-refractivity contribution is 0.0909. The summed E-state index contributed by atoms with van der Waals surface area (Å²) in [5, 5.41) is 13.5. The number of H-pyrrole nitrogens is 1. The van der Waals surface area contributed by atoms with Crippen molar-refractivity contribution in [1.29, 1.82) is 0 Å². The third-order valence-corrected chi connectivity index (χ3v) is 3.95. The molecule has 1 aromatic heterocycles. The Hall–Kier alpha value is -1.07. The molecule has 106 valence electrons. The number of aromatic amines is 1. The van der Waals surface area contributed by atoms with Gasteiger partial charge in [-0.25, -0.2) is 0 Å². The van der Waals surface area contributed by atoms with E-state index in [2.05, 4.69) is 27.8 Å². The molecule has 1 amide bonds. The number of halogens is 1. The second-order valence-electron chi connectivity index (χ2n) is 5.53. The van der Waals surface area contributed by atoms with Gasteiger partial charge >= 0.3 is 0 Å². The molecule has 2 aliphatic rings. The number of nitrogens with one attached hydrogen (secondary N) is 3. The van der Waals surface area contributed by atoms with Crippen LogP contribution in [0, 0.1) is 5.92 Å². The third kappa shape index (κ3) is 3.28. The van der Waals surface area contributed by atoms with Gasteiger partial charge in [0.15, 0.2) is 0 Å². The number of nitrogens with zero attached hydrogens (tertiary/aromatic N) is 1. The molecule has 1 aromatic rings. The molecule has 3 N–H and O–H groups in total. The maximum Gasteiger partial charge on any atom is 0.272 e. The van der Waals surface area contributed by atoms with Gasteiger partial charge in [0, 0.05) is 17.7 Å². The normalized spacial score (nSPS) is 26.6. The zero-order valence-corrected chi connectivity index (χ0v) is 11.9. The largest absolute Gasteiger partial charge is 0.348 e. The predicted molar refractivity (Wildman–Crippen MR) is 75.7 cm³/mol. The van der Waals surface area contributed by atoms with E-state index in [1.807, 2.05) is 6.07 Å². The molecule has 3 rings (SSSR count). The fourth-order valence-electron chi connectivity index (χ4n) is 2.53. The van der Waals surface area contributed by atoms with Crippen molar-refractivity contribution >= 4 is 18.3 Å². The van der Waals surface area contributed by atoms with Crippen LogP contribution in [0.4, 0.5) is 0 Å². The molecule has 2 heterocycles. The second kappa shape index (κ2) is 5.92. The first kappa shape index (κ1) is 14.3. The van der Waals surface area contributed by atoms with Crippen LogP contribution in [0.1, 0.15) is 48.3 Å². The Bertz CT molecular complexity index is 444. The minimum absolute atomic E-state index is 0. The number of carbonyl (C=O) groups is 1. The maximum absolute atomic E-state index is 12.1. The molecule has 0 radical (unpaired) electrons. The highest BCUT2D eigenvalue weighted by atomic mass is 35.5. The van der Waals surface area contributed by atoms with Gasteiger partial charge in [-0.2, -0.15) is 5.10 Å². The molecule has 5 nitrogen and oxygen atoms in total. The average Bonchev–Trinajstić information content (AvgIpc) is 3.10. The number of rotatable bonds is 3. The molecule has 0 bridgehead atoms. The summed E-state index contributed by atoms with van der Waals surface area (Å²) >= 11 is 0. The Morgan fingerprint density at radius 2 is 2.21 bits per heavy atom. The topological polar surface area (TPSA) is 69.8 Å². The lowest BCUT2D eigenvalue weighted by Crippen LogP contribution is -2.48. The lowest BCUT2D eigenvalue weighted by atomic mass is 9.95. The Morgan fingerprint density at radius 1 is 1.42 bits per heavy atom. The predicted octanol–water partition coefficient (Wildman–Crippen LogP) is 1.44. The van der Waals surface area contributed by atoms with E-state index >= 15 is 0 Å². The first-order valence-corrected chi connectivity index (χ1v) is 6.81. The molecule has 1 aliphatic carbocycles. The van der Waals surface area contributed by atoms with Crippen molar-refractivity contribution < 1.29 is 4.79 Å². The first-order valence-electron chi connectivity index (χ1n) is 6.81. The lowest BCUT2D eigenvalue weighted by Gasteiger charge is -2.29. The van der Waals surface area contributed by atoms with E-state index in [9.17, 15) is 4.79 Å². The summed E-state index contributed by atoms with van der Waals surface area (Å²) in [4.78, 5) is 12.1. The van der Waals surface area contributed by atoms with Crippen LogP contribution >= 0.6 is 12.4 Å². The van der Waals surface area contributed by atoms with Crippen LogP contribution in [0.2, 0.25) is 0 Å². The van der Waals surface area contributed by atoms with Crippen molar-refractivity contribution in [2.24, 2.45) is 5.92 Å². The van der Waals surface area contributed by atoms with E-state index in [1.165, 1.54) is 12.8 Å². The van der Waals surface area contributed by atoms with Gasteiger partial charge in [0.1, 0.15) is 5.69 Å². The number of carbonyl (C=O) groups excluding carboxylic acids is 1. The average molecular weight is 285 g/mol. The number of amides is 1. The number of aromatic nitrogens is 2. The number of hydrogen-bond acceptors (Lipinski definition) is 3. The second-order valence-corrected chi connectivity index (χ2v) is 5.53.